The minimum atomic E-state index is -1.82. The van der Waals surface area contributed by atoms with E-state index in [1.165, 1.54) is 19.3 Å². The van der Waals surface area contributed by atoms with Crippen molar-refractivity contribution in [3.63, 3.8) is 0 Å². The summed E-state index contributed by atoms with van der Waals surface area (Å²) in [6, 6.07) is 7.46. The number of aliphatic carboxylic acids is 2. The van der Waals surface area contributed by atoms with E-state index in [9.17, 15) is 4.79 Å². The van der Waals surface area contributed by atoms with Gasteiger partial charge in [0.2, 0.25) is 0 Å². The highest BCUT2D eigenvalue weighted by Gasteiger charge is 2.21. The molecular weight excluding hydrogens is 444 g/mol. The maximum Gasteiger partial charge on any atom is 0.414 e. The van der Waals surface area contributed by atoms with Crippen LogP contribution >= 0.6 is 0 Å². The van der Waals surface area contributed by atoms with Crippen molar-refractivity contribution in [3.05, 3.63) is 24.3 Å². The van der Waals surface area contributed by atoms with Crippen molar-refractivity contribution in [2.45, 2.75) is 58.5 Å². The number of benzene rings is 1. The van der Waals surface area contributed by atoms with Crippen LogP contribution in [0.25, 0.3) is 0 Å². The standard InChI is InChI=1S/C22H36N2O4.C2H2O4/c1-3-5-16-27-21-12-8-7-11-20(21)23-22(25)28-19(18-26-15-4-2)17-24-13-9-6-10-14-24;3-1(4)2(5)6/h7-8,11-12,19H,3-6,9-10,13-18H2,1-2H3,(H,23,25);(H,3,4)(H,5,6). The molecule has 1 atom stereocenters. The lowest BCUT2D eigenvalue weighted by molar-refractivity contribution is -0.159. The fraction of sp³-hybridized carbons (Fsp3) is 0.625. The van der Waals surface area contributed by atoms with E-state index in [0.29, 0.717) is 37.8 Å². The molecule has 1 aliphatic rings. The smallest absolute Gasteiger partial charge is 0.414 e. The number of para-hydroxylation sites is 2. The normalized spacial score (nSPS) is 14.3. The third-order valence-corrected chi connectivity index (χ3v) is 4.90. The van der Waals surface area contributed by atoms with Gasteiger partial charge in [-0.1, -0.05) is 38.8 Å². The molecule has 0 bridgehead atoms. The molecule has 0 aliphatic carbocycles. The number of carboxylic acid groups (broad SMARTS) is 2. The largest absolute Gasteiger partial charge is 0.491 e. The molecule has 1 aromatic rings. The monoisotopic (exact) mass is 482 g/mol. The highest BCUT2D eigenvalue weighted by Crippen LogP contribution is 2.24. The molecule has 0 radical (unpaired) electrons. The number of carboxylic acids is 2. The molecule has 10 heteroatoms. The number of nitrogens with one attached hydrogen (secondary N) is 1. The molecule has 1 fully saturated rings. The second-order valence-corrected chi connectivity index (χ2v) is 7.90. The van der Waals surface area contributed by atoms with E-state index in [1.807, 2.05) is 24.3 Å². The second-order valence-electron chi connectivity index (χ2n) is 7.90. The van der Waals surface area contributed by atoms with E-state index in [2.05, 4.69) is 24.1 Å². The molecule has 0 aromatic heterocycles. The minimum absolute atomic E-state index is 0.280. The van der Waals surface area contributed by atoms with Crippen LogP contribution in [0.2, 0.25) is 0 Å². The number of piperidine rings is 1. The summed E-state index contributed by atoms with van der Waals surface area (Å²) < 4.78 is 17.2. The number of carbonyl (C=O) groups excluding carboxylic acids is 1. The predicted molar refractivity (Wildman–Crippen MR) is 127 cm³/mol. The zero-order chi connectivity index (χ0) is 25.2. The summed E-state index contributed by atoms with van der Waals surface area (Å²) in [5.74, 6) is -2.98. The summed E-state index contributed by atoms with van der Waals surface area (Å²) in [7, 11) is 0. The highest BCUT2D eigenvalue weighted by molar-refractivity contribution is 6.27. The number of hydrogen-bond acceptors (Lipinski definition) is 7. The van der Waals surface area contributed by atoms with Crippen LogP contribution in [0.1, 0.15) is 52.4 Å². The van der Waals surface area contributed by atoms with Crippen molar-refractivity contribution in [3.8, 4) is 5.75 Å². The lowest BCUT2D eigenvalue weighted by Crippen LogP contribution is -2.41. The van der Waals surface area contributed by atoms with Gasteiger partial charge in [0.1, 0.15) is 11.9 Å². The first-order chi connectivity index (χ1) is 16.4. The SMILES string of the molecule is CCCCOc1ccccc1NC(=O)OC(COCCC)CN1CCCCC1.O=C(O)C(=O)O. The van der Waals surface area contributed by atoms with Gasteiger partial charge in [0.25, 0.3) is 0 Å². The first-order valence-electron chi connectivity index (χ1n) is 11.8. The van der Waals surface area contributed by atoms with Gasteiger partial charge in [0.15, 0.2) is 0 Å². The summed E-state index contributed by atoms with van der Waals surface area (Å²) in [5.41, 5.74) is 0.634. The summed E-state index contributed by atoms with van der Waals surface area (Å²) in [6.07, 6.45) is 5.94. The van der Waals surface area contributed by atoms with Gasteiger partial charge in [-0.15, -0.1) is 0 Å². The fourth-order valence-corrected chi connectivity index (χ4v) is 3.23. The van der Waals surface area contributed by atoms with Crippen LogP contribution < -0.4 is 10.1 Å². The van der Waals surface area contributed by atoms with Crippen molar-refractivity contribution in [2.24, 2.45) is 0 Å². The van der Waals surface area contributed by atoms with Crippen molar-refractivity contribution < 1.29 is 38.8 Å². The van der Waals surface area contributed by atoms with Gasteiger partial charge in [-0.2, -0.15) is 0 Å². The van der Waals surface area contributed by atoms with Crippen molar-refractivity contribution in [1.29, 1.82) is 0 Å². The van der Waals surface area contributed by atoms with Crippen LogP contribution in [-0.4, -0.2) is 78.7 Å². The Hall–Kier alpha value is -2.85. The van der Waals surface area contributed by atoms with Gasteiger partial charge in [-0.05, 0) is 50.9 Å². The second kappa shape index (κ2) is 17.6. The summed E-state index contributed by atoms with van der Waals surface area (Å²) in [6.45, 7) is 8.75. The molecule has 1 amide bonds. The number of carbonyl (C=O) groups is 3. The molecule has 1 aromatic carbocycles. The lowest BCUT2D eigenvalue weighted by Gasteiger charge is -2.30. The number of rotatable bonds is 12. The van der Waals surface area contributed by atoms with Crippen LogP contribution in [0.5, 0.6) is 5.75 Å². The molecule has 1 unspecified atom stereocenters. The molecule has 3 N–H and O–H groups in total. The third-order valence-electron chi connectivity index (χ3n) is 4.90. The van der Waals surface area contributed by atoms with Gasteiger partial charge in [-0.25, -0.2) is 14.4 Å². The Kier molecular flexibility index (Phi) is 15.1. The van der Waals surface area contributed by atoms with Crippen LogP contribution in [0, 0.1) is 0 Å². The average molecular weight is 483 g/mol. The number of anilines is 1. The molecule has 0 saturated carbocycles. The average Bonchev–Trinajstić information content (AvgIpc) is 2.81. The number of amides is 1. The van der Waals surface area contributed by atoms with Crippen LogP contribution in [0.15, 0.2) is 24.3 Å². The molecule has 2 rings (SSSR count). The zero-order valence-electron chi connectivity index (χ0n) is 20.2. The number of unbranched alkanes of at least 4 members (excludes halogenated alkanes) is 1. The minimum Gasteiger partial charge on any atom is -0.491 e. The Bertz CT molecular complexity index is 725. The summed E-state index contributed by atoms with van der Waals surface area (Å²) in [4.78, 5) is 33.1. The van der Waals surface area contributed by atoms with E-state index in [4.69, 9.17) is 34.0 Å². The Morgan fingerprint density at radius 3 is 2.29 bits per heavy atom. The van der Waals surface area contributed by atoms with Gasteiger partial charge < -0.3 is 24.4 Å². The Morgan fingerprint density at radius 1 is 1.00 bits per heavy atom. The van der Waals surface area contributed by atoms with E-state index in [0.717, 1.165) is 32.4 Å². The van der Waals surface area contributed by atoms with Crippen molar-refractivity contribution in [1.82, 2.24) is 4.90 Å². The van der Waals surface area contributed by atoms with Crippen LogP contribution in [-0.2, 0) is 19.1 Å². The van der Waals surface area contributed by atoms with Crippen LogP contribution in [0.3, 0.4) is 0 Å². The third kappa shape index (κ3) is 13.0. The van der Waals surface area contributed by atoms with Gasteiger partial charge >= 0.3 is 18.0 Å². The molecule has 192 valence electrons. The van der Waals surface area contributed by atoms with Gasteiger partial charge in [-0.3, -0.25) is 10.2 Å². The molecule has 1 saturated heterocycles. The van der Waals surface area contributed by atoms with Crippen LogP contribution in [0.4, 0.5) is 10.5 Å². The molecule has 1 aliphatic heterocycles. The number of likely N-dealkylation sites (tertiary alicyclic amines) is 1. The molecule has 10 nitrogen and oxygen atoms in total. The molecule has 1 heterocycles. The Labute approximate surface area is 201 Å². The van der Waals surface area contributed by atoms with Gasteiger partial charge in [0.05, 0.1) is 18.9 Å². The van der Waals surface area contributed by atoms with E-state index >= 15 is 0 Å². The first kappa shape index (κ1) is 29.2. The van der Waals surface area contributed by atoms with E-state index < -0.39 is 18.0 Å². The Balaban J connectivity index is 0.000000852. The topological polar surface area (TPSA) is 135 Å². The summed E-state index contributed by atoms with van der Waals surface area (Å²) >= 11 is 0. The van der Waals surface area contributed by atoms with E-state index in [1.54, 1.807) is 0 Å². The number of hydrogen-bond donors (Lipinski definition) is 3. The number of nitrogens with zero attached hydrogens (tertiary/aromatic N) is 1. The molecule has 0 spiro atoms. The predicted octanol–water partition coefficient (Wildman–Crippen LogP) is 3.85. The maximum absolute atomic E-state index is 12.5. The quantitative estimate of drug-likeness (QED) is 0.300. The summed E-state index contributed by atoms with van der Waals surface area (Å²) in [5, 5.41) is 17.6. The Morgan fingerprint density at radius 2 is 1.68 bits per heavy atom. The fourth-order valence-electron chi connectivity index (χ4n) is 3.23. The lowest BCUT2D eigenvalue weighted by atomic mass is 10.1. The maximum atomic E-state index is 12.5. The number of ether oxygens (including phenoxy) is 3. The van der Waals surface area contributed by atoms with E-state index in [-0.39, 0.29) is 6.10 Å². The van der Waals surface area contributed by atoms with Crippen molar-refractivity contribution >= 4 is 23.7 Å². The van der Waals surface area contributed by atoms with Crippen molar-refractivity contribution in [2.75, 3.05) is 44.8 Å². The first-order valence-corrected chi connectivity index (χ1v) is 11.8. The van der Waals surface area contributed by atoms with Gasteiger partial charge in [0, 0.05) is 13.2 Å². The highest BCUT2D eigenvalue weighted by atomic mass is 16.6. The molecule has 34 heavy (non-hydrogen) atoms. The molecular formula is C24H38N2O8. The zero-order valence-corrected chi connectivity index (χ0v) is 20.2.